The molecule has 9 heteroatoms. The van der Waals surface area contributed by atoms with Crippen LogP contribution in [0.15, 0.2) is 47.8 Å². The van der Waals surface area contributed by atoms with Gasteiger partial charge in [0.05, 0.1) is 11.1 Å². The van der Waals surface area contributed by atoms with Crippen LogP contribution in [0.3, 0.4) is 0 Å². The molecule has 0 aliphatic heterocycles. The second-order valence-electron chi connectivity index (χ2n) is 4.07. The van der Waals surface area contributed by atoms with Crippen molar-refractivity contribution in [1.29, 1.82) is 0 Å². The molecule has 0 radical (unpaired) electrons. The number of nitrogens with one attached hydrogen (secondary N) is 1. The van der Waals surface area contributed by atoms with Crippen molar-refractivity contribution in [3.05, 3.63) is 58.4 Å². The lowest BCUT2D eigenvalue weighted by Crippen LogP contribution is -1.98. The first-order valence-corrected chi connectivity index (χ1v) is 5.93. The lowest BCUT2D eigenvalue weighted by molar-refractivity contribution is -0.384. The van der Waals surface area contributed by atoms with Gasteiger partial charge in [-0.2, -0.15) is 9.62 Å². The maximum Gasteiger partial charge on any atom is 0.270 e. The fourth-order valence-corrected chi connectivity index (χ4v) is 1.68. The number of nitrogens with zero attached hydrogens (tertiary/aromatic N) is 6. The van der Waals surface area contributed by atoms with Gasteiger partial charge >= 0.3 is 0 Å². The number of hydrogen-bond acceptors (Lipinski definition) is 7. The van der Waals surface area contributed by atoms with E-state index in [9.17, 15) is 10.1 Å². The molecular formula is C12H9N7O2. The molecular weight excluding hydrogens is 274 g/mol. The van der Waals surface area contributed by atoms with E-state index in [1.54, 1.807) is 24.3 Å². The van der Waals surface area contributed by atoms with E-state index in [0.717, 1.165) is 0 Å². The van der Waals surface area contributed by atoms with Crippen LogP contribution in [0, 0.1) is 10.1 Å². The summed E-state index contributed by atoms with van der Waals surface area (Å²) < 4.78 is 1.51. The van der Waals surface area contributed by atoms with Gasteiger partial charge < -0.3 is 0 Å². The van der Waals surface area contributed by atoms with Crippen LogP contribution < -0.4 is 5.43 Å². The Labute approximate surface area is 118 Å². The van der Waals surface area contributed by atoms with Crippen LogP contribution in [-0.4, -0.2) is 30.9 Å². The van der Waals surface area contributed by atoms with Crippen LogP contribution in [0.5, 0.6) is 0 Å². The molecule has 1 N–H and O–H groups in total. The fraction of sp³-hybridized carbons (Fsp3) is 0. The number of nitro groups is 1. The van der Waals surface area contributed by atoms with Gasteiger partial charge in [0.15, 0.2) is 11.5 Å². The molecule has 0 aliphatic rings. The second kappa shape index (κ2) is 5.33. The number of anilines is 1. The van der Waals surface area contributed by atoms with Crippen molar-refractivity contribution in [2.75, 3.05) is 5.43 Å². The summed E-state index contributed by atoms with van der Waals surface area (Å²) in [5.74, 6) is 0.504. The van der Waals surface area contributed by atoms with Gasteiger partial charge in [-0.05, 0) is 12.1 Å². The third kappa shape index (κ3) is 2.81. The van der Waals surface area contributed by atoms with E-state index in [4.69, 9.17) is 0 Å². The van der Waals surface area contributed by atoms with E-state index in [1.807, 2.05) is 0 Å². The Hall–Kier alpha value is -3.36. The van der Waals surface area contributed by atoms with Gasteiger partial charge in [-0.15, -0.1) is 15.3 Å². The van der Waals surface area contributed by atoms with E-state index < -0.39 is 4.92 Å². The molecule has 0 aliphatic carbocycles. The van der Waals surface area contributed by atoms with Crippen molar-refractivity contribution >= 4 is 23.4 Å². The number of hydrazone groups is 1. The minimum Gasteiger partial charge on any atom is -0.260 e. The highest BCUT2D eigenvalue weighted by atomic mass is 16.6. The lowest BCUT2D eigenvalue weighted by Gasteiger charge is -1.99. The lowest BCUT2D eigenvalue weighted by atomic mass is 10.2. The van der Waals surface area contributed by atoms with Crippen molar-refractivity contribution < 1.29 is 4.92 Å². The Balaban J connectivity index is 1.74. The van der Waals surface area contributed by atoms with Crippen molar-refractivity contribution in [2.45, 2.75) is 0 Å². The van der Waals surface area contributed by atoms with Crippen molar-refractivity contribution in [3.8, 4) is 0 Å². The minimum absolute atomic E-state index is 0.0167. The first kappa shape index (κ1) is 12.7. The molecule has 1 aromatic carbocycles. The summed E-state index contributed by atoms with van der Waals surface area (Å²) in [7, 11) is 0. The Morgan fingerprint density at radius 2 is 2.24 bits per heavy atom. The van der Waals surface area contributed by atoms with Gasteiger partial charge in [-0.1, -0.05) is 12.1 Å². The van der Waals surface area contributed by atoms with Gasteiger partial charge in [-0.3, -0.25) is 15.5 Å². The summed E-state index contributed by atoms with van der Waals surface area (Å²) in [6.45, 7) is 0. The average Bonchev–Trinajstić information content (AvgIpc) is 2.95. The maximum absolute atomic E-state index is 10.7. The van der Waals surface area contributed by atoms with Crippen LogP contribution in [0.4, 0.5) is 11.5 Å². The first-order valence-electron chi connectivity index (χ1n) is 5.93. The topological polar surface area (TPSA) is 111 Å². The Morgan fingerprint density at radius 1 is 1.33 bits per heavy atom. The molecule has 0 unspecified atom stereocenters. The summed E-state index contributed by atoms with van der Waals surface area (Å²) in [6.07, 6.45) is 2.95. The second-order valence-corrected chi connectivity index (χ2v) is 4.07. The zero-order valence-electron chi connectivity index (χ0n) is 10.6. The Bertz CT molecular complexity index is 827. The number of rotatable bonds is 4. The minimum atomic E-state index is -0.452. The van der Waals surface area contributed by atoms with Crippen LogP contribution in [0.25, 0.3) is 5.65 Å². The molecule has 3 aromatic rings. The number of aromatic nitrogens is 4. The van der Waals surface area contributed by atoms with Crippen molar-refractivity contribution in [3.63, 3.8) is 0 Å². The average molecular weight is 283 g/mol. The maximum atomic E-state index is 10.7. The van der Waals surface area contributed by atoms with Gasteiger partial charge in [-0.25, -0.2) is 0 Å². The number of benzene rings is 1. The zero-order chi connectivity index (χ0) is 14.7. The molecule has 2 aromatic heterocycles. The molecule has 0 spiro atoms. The summed E-state index contributed by atoms with van der Waals surface area (Å²) in [4.78, 5) is 10.2. The number of non-ortho nitro benzene ring substituents is 1. The van der Waals surface area contributed by atoms with Crippen molar-refractivity contribution in [1.82, 2.24) is 19.8 Å². The molecule has 9 nitrogen and oxygen atoms in total. The summed E-state index contributed by atoms with van der Waals surface area (Å²) in [5, 5.41) is 26.4. The quantitative estimate of drug-likeness (QED) is 0.441. The normalized spacial score (nSPS) is 11.0. The number of fused-ring (bicyclic) bond motifs is 1. The van der Waals surface area contributed by atoms with Crippen LogP contribution in [0.1, 0.15) is 5.56 Å². The summed E-state index contributed by atoms with van der Waals surface area (Å²) >= 11 is 0. The molecule has 0 amide bonds. The van der Waals surface area contributed by atoms with Crippen molar-refractivity contribution in [2.24, 2.45) is 5.10 Å². The van der Waals surface area contributed by atoms with E-state index >= 15 is 0 Å². The molecule has 3 rings (SSSR count). The highest BCUT2D eigenvalue weighted by Crippen LogP contribution is 2.11. The smallest absolute Gasteiger partial charge is 0.260 e. The van der Waals surface area contributed by atoms with Gasteiger partial charge in [0.1, 0.15) is 6.33 Å². The molecule has 21 heavy (non-hydrogen) atoms. The van der Waals surface area contributed by atoms with E-state index in [-0.39, 0.29) is 5.69 Å². The SMILES string of the molecule is O=[N+]([O-])c1cccc(/C=N/Nc2ccc3nncn3n2)c1. The monoisotopic (exact) mass is 283 g/mol. The molecule has 0 atom stereocenters. The molecule has 0 saturated carbocycles. The van der Waals surface area contributed by atoms with E-state index in [2.05, 4.69) is 25.8 Å². The van der Waals surface area contributed by atoms with Crippen LogP contribution >= 0.6 is 0 Å². The highest BCUT2D eigenvalue weighted by Gasteiger charge is 2.04. The van der Waals surface area contributed by atoms with Gasteiger partial charge in [0.25, 0.3) is 5.69 Å². The van der Waals surface area contributed by atoms with E-state index in [1.165, 1.54) is 29.2 Å². The van der Waals surface area contributed by atoms with Gasteiger partial charge in [0.2, 0.25) is 0 Å². The number of nitro benzene ring substituents is 1. The van der Waals surface area contributed by atoms with E-state index in [0.29, 0.717) is 17.0 Å². The highest BCUT2D eigenvalue weighted by molar-refractivity contribution is 5.81. The predicted octanol–water partition coefficient (Wildman–Crippen LogP) is 1.48. The number of hydrogen-bond donors (Lipinski definition) is 1. The largest absolute Gasteiger partial charge is 0.270 e. The molecule has 104 valence electrons. The molecule has 0 bridgehead atoms. The van der Waals surface area contributed by atoms with Crippen LogP contribution in [0.2, 0.25) is 0 Å². The standard InChI is InChI=1S/C12H9N7O2/c20-19(21)10-3-1-2-9(6-10)7-13-15-11-4-5-12-16-14-8-18(12)17-11/h1-8H,(H,15,17)/b13-7+. The Morgan fingerprint density at radius 3 is 3.10 bits per heavy atom. The summed E-state index contributed by atoms with van der Waals surface area (Å²) in [6, 6.07) is 9.61. The zero-order valence-corrected chi connectivity index (χ0v) is 10.6. The van der Waals surface area contributed by atoms with Crippen LogP contribution in [-0.2, 0) is 0 Å². The first-order chi connectivity index (χ1) is 10.2. The third-order valence-corrected chi connectivity index (χ3v) is 2.64. The molecule has 0 saturated heterocycles. The predicted molar refractivity (Wildman–Crippen MR) is 75.1 cm³/mol. The molecule has 2 heterocycles. The van der Waals surface area contributed by atoms with Gasteiger partial charge in [0, 0.05) is 17.7 Å². The molecule has 0 fully saturated rings. The third-order valence-electron chi connectivity index (χ3n) is 2.64. The fourth-order valence-electron chi connectivity index (χ4n) is 1.68. The Kier molecular flexibility index (Phi) is 3.21. The summed E-state index contributed by atoms with van der Waals surface area (Å²) in [5.41, 5.74) is 3.99.